The maximum atomic E-state index is 4.25. The fourth-order valence-corrected chi connectivity index (χ4v) is 2.11. The molecule has 14 heavy (non-hydrogen) atoms. The zero-order chi connectivity index (χ0) is 9.80. The Morgan fingerprint density at radius 1 is 1.14 bits per heavy atom. The average molecular weight is 191 g/mol. The highest BCUT2D eigenvalue weighted by Crippen LogP contribution is 2.31. The summed E-state index contributed by atoms with van der Waals surface area (Å²) in [6, 6.07) is 0. The summed E-state index contributed by atoms with van der Waals surface area (Å²) < 4.78 is 0. The normalized spacial score (nSPS) is 18.1. The van der Waals surface area contributed by atoms with Gasteiger partial charge in [-0.25, -0.2) is 9.97 Å². The van der Waals surface area contributed by atoms with Gasteiger partial charge in [0.05, 0.1) is 0 Å². The van der Waals surface area contributed by atoms with Crippen molar-refractivity contribution in [1.82, 2.24) is 9.97 Å². The maximum absolute atomic E-state index is 4.25. The standard InChI is InChI=1S/C11H17N3/c1-12-11-13-7-10(8-14-11)9-5-3-2-4-6-9/h7-9H,2-6H2,1H3,(H,12,13,14). The van der Waals surface area contributed by atoms with Crippen molar-refractivity contribution < 1.29 is 0 Å². The Morgan fingerprint density at radius 3 is 2.36 bits per heavy atom. The summed E-state index contributed by atoms with van der Waals surface area (Å²) in [4.78, 5) is 8.50. The van der Waals surface area contributed by atoms with Crippen LogP contribution in [0.2, 0.25) is 0 Å². The van der Waals surface area contributed by atoms with Crippen molar-refractivity contribution in [3.05, 3.63) is 18.0 Å². The highest BCUT2D eigenvalue weighted by molar-refractivity contribution is 5.24. The lowest BCUT2D eigenvalue weighted by molar-refractivity contribution is 0.442. The van der Waals surface area contributed by atoms with E-state index in [0.29, 0.717) is 11.9 Å². The van der Waals surface area contributed by atoms with Crippen LogP contribution in [0.5, 0.6) is 0 Å². The first kappa shape index (κ1) is 9.44. The van der Waals surface area contributed by atoms with E-state index in [1.165, 1.54) is 37.7 Å². The summed E-state index contributed by atoms with van der Waals surface area (Å²) in [5.74, 6) is 1.42. The van der Waals surface area contributed by atoms with Crippen LogP contribution in [0.4, 0.5) is 5.95 Å². The number of hydrogen-bond donors (Lipinski definition) is 1. The largest absolute Gasteiger partial charge is 0.357 e. The van der Waals surface area contributed by atoms with E-state index in [-0.39, 0.29) is 0 Å². The molecule has 0 amide bonds. The molecule has 2 rings (SSSR count). The van der Waals surface area contributed by atoms with Crippen molar-refractivity contribution >= 4 is 5.95 Å². The maximum Gasteiger partial charge on any atom is 0.222 e. The van der Waals surface area contributed by atoms with E-state index in [1.54, 1.807) is 0 Å². The van der Waals surface area contributed by atoms with Crippen LogP contribution in [0.15, 0.2) is 12.4 Å². The van der Waals surface area contributed by atoms with Crippen molar-refractivity contribution in [2.24, 2.45) is 0 Å². The molecular weight excluding hydrogens is 174 g/mol. The SMILES string of the molecule is CNc1ncc(C2CCCCC2)cn1. The predicted octanol–water partition coefficient (Wildman–Crippen LogP) is 2.57. The zero-order valence-electron chi connectivity index (χ0n) is 8.66. The van der Waals surface area contributed by atoms with E-state index in [4.69, 9.17) is 0 Å². The van der Waals surface area contributed by atoms with Gasteiger partial charge >= 0.3 is 0 Å². The molecule has 76 valence electrons. The van der Waals surface area contributed by atoms with Crippen LogP contribution < -0.4 is 5.32 Å². The van der Waals surface area contributed by atoms with Crippen molar-refractivity contribution in [3.63, 3.8) is 0 Å². The Labute approximate surface area is 85.0 Å². The second kappa shape index (κ2) is 4.40. The number of nitrogens with zero attached hydrogens (tertiary/aromatic N) is 2. The summed E-state index contributed by atoms with van der Waals surface area (Å²) in [7, 11) is 1.84. The summed E-state index contributed by atoms with van der Waals surface area (Å²) in [5, 5.41) is 2.93. The minimum absolute atomic E-state index is 0.703. The lowest BCUT2D eigenvalue weighted by Gasteiger charge is -2.21. The first-order chi connectivity index (χ1) is 6.90. The number of nitrogens with one attached hydrogen (secondary N) is 1. The van der Waals surface area contributed by atoms with Crippen LogP contribution in [0.25, 0.3) is 0 Å². The lowest BCUT2D eigenvalue weighted by atomic mass is 9.85. The molecule has 0 saturated heterocycles. The van der Waals surface area contributed by atoms with Gasteiger partial charge in [0.25, 0.3) is 0 Å². The Balaban J connectivity index is 2.07. The molecule has 3 nitrogen and oxygen atoms in total. The van der Waals surface area contributed by atoms with E-state index in [9.17, 15) is 0 Å². The fraction of sp³-hybridized carbons (Fsp3) is 0.636. The Hall–Kier alpha value is -1.12. The number of hydrogen-bond acceptors (Lipinski definition) is 3. The monoisotopic (exact) mass is 191 g/mol. The number of anilines is 1. The summed E-state index contributed by atoms with van der Waals surface area (Å²) >= 11 is 0. The van der Waals surface area contributed by atoms with E-state index in [1.807, 2.05) is 19.4 Å². The third-order valence-corrected chi connectivity index (χ3v) is 2.97. The van der Waals surface area contributed by atoms with Gasteiger partial charge in [-0.05, 0) is 24.3 Å². The molecule has 0 spiro atoms. The van der Waals surface area contributed by atoms with Crippen molar-refractivity contribution in [2.45, 2.75) is 38.0 Å². The van der Waals surface area contributed by atoms with Crippen LogP contribution in [0, 0.1) is 0 Å². The Bertz CT molecular complexity index is 275. The minimum atomic E-state index is 0.703. The first-order valence-corrected chi connectivity index (χ1v) is 5.40. The molecule has 0 unspecified atom stereocenters. The Kier molecular flexibility index (Phi) is 2.96. The molecule has 0 bridgehead atoms. The van der Waals surface area contributed by atoms with Gasteiger partial charge in [-0.15, -0.1) is 0 Å². The van der Waals surface area contributed by atoms with Crippen molar-refractivity contribution in [3.8, 4) is 0 Å². The highest BCUT2D eigenvalue weighted by atomic mass is 15.1. The molecule has 0 atom stereocenters. The van der Waals surface area contributed by atoms with Gasteiger partial charge in [-0.1, -0.05) is 19.3 Å². The molecule has 1 saturated carbocycles. The molecule has 3 heteroatoms. The van der Waals surface area contributed by atoms with Crippen molar-refractivity contribution in [2.75, 3.05) is 12.4 Å². The highest BCUT2D eigenvalue weighted by Gasteiger charge is 2.15. The van der Waals surface area contributed by atoms with Gasteiger partial charge in [-0.3, -0.25) is 0 Å². The second-order valence-electron chi connectivity index (χ2n) is 3.92. The van der Waals surface area contributed by atoms with Crippen LogP contribution >= 0.6 is 0 Å². The topological polar surface area (TPSA) is 37.8 Å². The molecule has 0 radical (unpaired) electrons. The van der Waals surface area contributed by atoms with E-state index in [2.05, 4.69) is 15.3 Å². The van der Waals surface area contributed by atoms with Gasteiger partial charge < -0.3 is 5.32 Å². The molecule has 1 aromatic rings. The predicted molar refractivity (Wildman–Crippen MR) is 57.4 cm³/mol. The fourth-order valence-electron chi connectivity index (χ4n) is 2.11. The van der Waals surface area contributed by atoms with Crippen LogP contribution in [-0.4, -0.2) is 17.0 Å². The molecule has 0 aliphatic heterocycles. The molecule has 1 heterocycles. The molecule has 1 aromatic heterocycles. The zero-order valence-corrected chi connectivity index (χ0v) is 8.66. The molecule has 1 aliphatic rings. The van der Waals surface area contributed by atoms with E-state index in [0.717, 1.165) is 0 Å². The summed E-state index contributed by atoms with van der Waals surface area (Å²) in [6.45, 7) is 0. The number of rotatable bonds is 2. The third-order valence-electron chi connectivity index (χ3n) is 2.97. The van der Waals surface area contributed by atoms with Crippen LogP contribution in [0.1, 0.15) is 43.6 Å². The second-order valence-corrected chi connectivity index (χ2v) is 3.92. The molecule has 0 aromatic carbocycles. The molecular formula is C11H17N3. The first-order valence-electron chi connectivity index (χ1n) is 5.40. The lowest BCUT2D eigenvalue weighted by Crippen LogP contribution is -2.06. The summed E-state index contributed by atoms with van der Waals surface area (Å²) in [5.41, 5.74) is 1.31. The van der Waals surface area contributed by atoms with Gasteiger partial charge in [-0.2, -0.15) is 0 Å². The van der Waals surface area contributed by atoms with Gasteiger partial charge in [0.15, 0.2) is 0 Å². The van der Waals surface area contributed by atoms with Gasteiger partial charge in [0.2, 0.25) is 5.95 Å². The smallest absolute Gasteiger partial charge is 0.222 e. The van der Waals surface area contributed by atoms with Gasteiger partial charge in [0, 0.05) is 19.4 Å². The summed E-state index contributed by atoms with van der Waals surface area (Å²) in [6.07, 6.45) is 10.7. The molecule has 1 N–H and O–H groups in total. The van der Waals surface area contributed by atoms with E-state index >= 15 is 0 Å². The minimum Gasteiger partial charge on any atom is -0.357 e. The average Bonchev–Trinajstić information content (AvgIpc) is 2.30. The Morgan fingerprint density at radius 2 is 1.79 bits per heavy atom. The van der Waals surface area contributed by atoms with Gasteiger partial charge in [0.1, 0.15) is 0 Å². The van der Waals surface area contributed by atoms with Crippen molar-refractivity contribution in [1.29, 1.82) is 0 Å². The van der Waals surface area contributed by atoms with Crippen LogP contribution in [-0.2, 0) is 0 Å². The van der Waals surface area contributed by atoms with E-state index < -0.39 is 0 Å². The number of aromatic nitrogens is 2. The quantitative estimate of drug-likeness (QED) is 0.780. The third kappa shape index (κ3) is 2.03. The van der Waals surface area contributed by atoms with Crippen LogP contribution in [0.3, 0.4) is 0 Å². The molecule has 1 aliphatic carbocycles. The molecule has 1 fully saturated rings.